The van der Waals surface area contributed by atoms with Gasteiger partial charge in [-0.15, -0.1) is 0 Å². The summed E-state index contributed by atoms with van der Waals surface area (Å²) in [4.78, 5) is 28.1. The molecular formula is C28H29N3O2S2. The summed E-state index contributed by atoms with van der Waals surface area (Å²) in [6.45, 7) is 6.33. The normalized spacial score (nSPS) is 19.5. The van der Waals surface area contributed by atoms with Crippen molar-refractivity contribution in [3.8, 4) is 0 Å². The number of carbonyl (C=O) groups excluding carboxylic acids is 1. The first kappa shape index (κ1) is 23.8. The molecule has 3 heterocycles. The van der Waals surface area contributed by atoms with Crippen LogP contribution in [0.25, 0.3) is 0 Å². The number of benzene rings is 2. The predicted octanol–water partition coefficient (Wildman–Crippen LogP) is 5.28. The van der Waals surface area contributed by atoms with Gasteiger partial charge in [0.2, 0.25) is 5.91 Å². The van der Waals surface area contributed by atoms with Crippen LogP contribution in [0.3, 0.4) is 0 Å². The summed E-state index contributed by atoms with van der Waals surface area (Å²) in [5, 5.41) is 2.68. The molecule has 1 aromatic heterocycles. The molecule has 180 valence electrons. The lowest BCUT2D eigenvalue weighted by Crippen LogP contribution is -2.48. The van der Waals surface area contributed by atoms with Crippen molar-refractivity contribution in [3.63, 3.8) is 0 Å². The van der Waals surface area contributed by atoms with Gasteiger partial charge in [0.15, 0.2) is 0 Å². The highest BCUT2D eigenvalue weighted by Crippen LogP contribution is 2.39. The minimum atomic E-state index is -0.458. The average molecular weight is 504 g/mol. The van der Waals surface area contributed by atoms with Crippen LogP contribution in [0.15, 0.2) is 71.5 Å². The Labute approximate surface area is 215 Å². The fraction of sp³-hybridized carbons (Fsp3) is 0.321. The van der Waals surface area contributed by atoms with Crippen molar-refractivity contribution in [1.29, 1.82) is 0 Å². The van der Waals surface area contributed by atoms with Gasteiger partial charge in [-0.3, -0.25) is 9.59 Å². The predicted molar refractivity (Wildman–Crippen MR) is 147 cm³/mol. The highest BCUT2D eigenvalue weighted by Gasteiger charge is 2.36. The van der Waals surface area contributed by atoms with Crippen molar-refractivity contribution in [3.05, 3.63) is 99.5 Å². The first-order valence-electron chi connectivity index (χ1n) is 12.0. The Kier molecular flexibility index (Phi) is 6.80. The van der Waals surface area contributed by atoms with Gasteiger partial charge in [0.25, 0.3) is 5.56 Å². The van der Waals surface area contributed by atoms with Crippen LogP contribution in [-0.2, 0) is 11.3 Å². The zero-order valence-electron chi connectivity index (χ0n) is 19.9. The van der Waals surface area contributed by atoms with Crippen LogP contribution in [-0.4, -0.2) is 32.8 Å². The van der Waals surface area contributed by atoms with Gasteiger partial charge in [0, 0.05) is 43.0 Å². The van der Waals surface area contributed by atoms with Crippen LogP contribution in [0.4, 0.5) is 5.69 Å². The molecule has 5 nitrogen and oxygen atoms in total. The molecule has 5 rings (SSSR count). The third-order valence-electron chi connectivity index (χ3n) is 6.95. The zero-order chi connectivity index (χ0) is 24.5. The smallest absolute Gasteiger partial charge is 0.250 e. The number of amides is 1. The average Bonchev–Trinajstić information content (AvgIpc) is 2.85. The summed E-state index contributed by atoms with van der Waals surface area (Å²) in [6.07, 6.45) is 1.07. The molecule has 1 fully saturated rings. The Morgan fingerprint density at radius 3 is 2.63 bits per heavy atom. The number of thioether (sulfide) groups is 1. The quantitative estimate of drug-likeness (QED) is 0.491. The lowest BCUT2D eigenvalue weighted by molar-refractivity contribution is -0.115. The van der Waals surface area contributed by atoms with E-state index in [-0.39, 0.29) is 17.4 Å². The van der Waals surface area contributed by atoms with E-state index in [4.69, 9.17) is 12.2 Å². The fourth-order valence-electron chi connectivity index (χ4n) is 5.19. The first-order valence-corrected chi connectivity index (χ1v) is 13.3. The van der Waals surface area contributed by atoms with Crippen molar-refractivity contribution < 1.29 is 4.79 Å². The molecule has 2 aliphatic heterocycles. The molecule has 0 saturated carbocycles. The van der Waals surface area contributed by atoms with E-state index in [0.717, 1.165) is 58.4 Å². The molecule has 0 spiro atoms. The van der Waals surface area contributed by atoms with Crippen LogP contribution >= 0.6 is 24.0 Å². The van der Waals surface area contributed by atoms with Crippen molar-refractivity contribution in [2.45, 2.75) is 38.0 Å². The third kappa shape index (κ3) is 5.07. The molecule has 0 radical (unpaired) electrons. The maximum absolute atomic E-state index is 13.5. The monoisotopic (exact) mass is 503 g/mol. The number of nitrogens with one attached hydrogen (secondary N) is 1. The molecule has 2 aliphatic rings. The minimum Gasteiger partial charge on any atom is -0.356 e. The van der Waals surface area contributed by atoms with Gasteiger partial charge < -0.3 is 14.8 Å². The van der Waals surface area contributed by atoms with E-state index in [2.05, 4.69) is 16.3 Å². The van der Waals surface area contributed by atoms with E-state index in [0.29, 0.717) is 5.92 Å². The Bertz CT molecular complexity index is 1320. The maximum atomic E-state index is 13.5. The Hall–Kier alpha value is -2.90. The minimum absolute atomic E-state index is 0.0775. The van der Waals surface area contributed by atoms with Crippen molar-refractivity contribution in [1.82, 2.24) is 9.47 Å². The number of aromatic nitrogens is 1. The largest absolute Gasteiger partial charge is 0.356 e. The summed E-state index contributed by atoms with van der Waals surface area (Å²) in [5.74, 6) is 0.569. The van der Waals surface area contributed by atoms with Crippen molar-refractivity contribution in [2.75, 3.05) is 18.4 Å². The molecule has 3 unspecified atom stereocenters. The number of hydrogen-bond acceptors (Lipinski definition) is 4. The maximum Gasteiger partial charge on any atom is 0.250 e. The number of thiocarbonyl (C=S) groups is 1. The summed E-state index contributed by atoms with van der Waals surface area (Å²) < 4.78 is 2.66. The van der Waals surface area contributed by atoms with Crippen molar-refractivity contribution in [2.24, 2.45) is 5.92 Å². The lowest BCUT2D eigenvalue weighted by atomic mass is 9.83. The highest BCUT2D eigenvalue weighted by molar-refractivity contribution is 8.23. The van der Waals surface area contributed by atoms with Crippen LogP contribution in [0.1, 0.15) is 40.0 Å². The van der Waals surface area contributed by atoms with Gasteiger partial charge in [-0.05, 0) is 55.0 Å². The molecule has 7 heteroatoms. The third-order valence-corrected chi connectivity index (χ3v) is 8.68. The second kappa shape index (κ2) is 9.99. The Morgan fingerprint density at radius 1 is 1.03 bits per heavy atom. The molecule has 1 saturated heterocycles. The van der Waals surface area contributed by atoms with Gasteiger partial charge in [-0.2, -0.15) is 0 Å². The van der Waals surface area contributed by atoms with E-state index in [1.165, 1.54) is 11.8 Å². The second-order valence-electron chi connectivity index (χ2n) is 9.59. The van der Waals surface area contributed by atoms with E-state index in [1.807, 2.05) is 73.0 Å². The van der Waals surface area contributed by atoms with Crippen LogP contribution < -0.4 is 10.9 Å². The molecular weight excluding hydrogens is 474 g/mol. The number of likely N-dealkylation sites (tertiary alicyclic amines) is 1. The van der Waals surface area contributed by atoms with Crippen LogP contribution in [0.5, 0.6) is 0 Å². The van der Waals surface area contributed by atoms with Gasteiger partial charge >= 0.3 is 0 Å². The molecule has 3 atom stereocenters. The topological polar surface area (TPSA) is 54.3 Å². The molecule has 0 aliphatic carbocycles. The zero-order valence-corrected chi connectivity index (χ0v) is 21.6. The SMILES string of the molecule is Cc1ccc(C)c(NC(=O)C(SC(=S)N2CC3CC(C2)c2cccc(=O)n2C3)c2ccccc2)c1. The standard InChI is InChI=1S/C28H29N3O2S2/c1-18-11-12-19(2)23(13-18)29-27(33)26(21-7-4-3-5-8-21)35-28(34)30-15-20-14-22(17-30)24-9-6-10-25(32)31(24)16-20/h3-13,20,22,26H,14-17H2,1-2H3,(H,29,33). The summed E-state index contributed by atoms with van der Waals surface area (Å²) in [7, 11) is 0. The number of piperidine rings is 1. The Morgan fingerprint density at radius 2 is 1.83 bits per heavy atom. The van der Waals surface area contributed by atoms with Gasteiger partial charge in [0.1, 0.15) is 9.57 Å². The first-order chi connectivity index (χ1) is 16.9. The molecule has 1 amide bonds. The number of anilines is 1. The molecule has 35 heavy (non-hydrogen) atoms. The molecule has 1 N–H and O–H groups in total. The number of pyridine rings is 1. The number of carbonyl (C=O) groups is 1. The van der Waals surface area contributed by atoms with Crippen molar-refractivity contribution >= 4 is 39.9 Å². The van der Waals surface area contributed by atoms with Gasteiger partial charge in [0.05, 0.1) is 0 Å². The van der Waals surface area contributed by atoms with Crippen LogP contribution in [0.2, 0.25) is 0 Å². The Balaban J connectivity index is 1.36. The highest BCUT2D eigenvalue weighted by atomic mass is 32.2. The van der Waals surface area contributed by atoms with E-state index in [9.17, 15) is 9.59 Å². The number of nitrogens with zero attached hydrogens (tertiary/aromatic N) is 2. The van der Waals surface area contributed by atoms with Crippen LogP contribution in [0, 0.1) is 19.8 Å². The van der Waals surface area contributed by atoms with E-state index in [1.54, 1.807) is 6.07 Å². The lowest BCUT2D eigenvalue weighted by Gasteiger charge is -2.43. The number of aryl methyl sites for hydroxylation is 2. The van der Waals surface area contributed by atoms with E-state index >= 15 is 0 Å². The van der Waals surface area contributed by atoms with Gasteiger partial charge in [-0.1, -0.05) is 72.5 Å². The number of rotatable bonds is 4. The van der Waals surface area contributed by atoms with E-state index < -0.39 is 5.25 Å². The number of hydrogen-bond donors (Lipinski definition) is 1. The molecule has 2 aromatic carbocycles. The number of fused-ring (bicyclic) bond motifs is 4. The second-order valence-corrected chi connectivity index (χ2v) is 11.3. The molecule has 3 aromatic rings. The summed E-state index contributed by atoms with van der Waals surface area (Å²) in [6, 6.07) is 21.5. The van der Waals surface area contributed by atoms with Gasteiger partial charge in [-0.25, -0.2) is 0 Å². The molecule has 2 bridgehead atoms. The summed E-state index contributed by atoms with van der Waals surface area (Å²) in [5.41, 5.74) is 5.06. The fourth-order valence-corrected chi connectivity index (χ4v) is 6.59. The summed E-state index contributed by atoms with van der Waals surface area (Å²) >= 11 is 7.36.